The predicted octanol–water partition coefficient (Wildman–Crippen LogP) is 3.24. The molecule has 4 rings (SSSR count). The molecule has 1 aliphatic heterocycles. The first-order chi connectivity index (χ1) is 15.7. The Morgan fingerprint density at radius 3 is 2.48 bits per heavy atom. The van der Waals surface area contributed by atoms with Crippen LogP contribution in [-0.4, -0.2) is 69.0 Å². The second kappa shape index (κ2) is 9.14. The molecule has 10 heteroatoms. The number of thiazole rings is 1. The summed E-state index contributed by atoms with van der Waals surface area (Å²) in [6.07, 6.45) is 1.98. The summed E-state index contributed by atoms with van der Waals surface area (Å²) in [5, 5.41) is 7.55. The van der Waals surface area contributed by atoms with Crippen LogP contribution < -0.4 is 5.32 Å². The molecule has 9 nitrogen and oxygen atoms in total. The summed E-state index contributed by atoms with van der Waals surface area (Å²) in [4.78, 5) is 45.9. The number of carbonyl (C=O) groups is 3. The van der Waals surface area contributed by atoms with Gasteiger partial charge in [0.15, 0.2) is 16.5 Å². The standard InChI is InChI=1S/C23H26N6O3S/c1-14(2)29-20-19(33-23(24-20)25-21(31)16-9-7-15(3)8-10-16)18(26-29)22(32)27(4)13-17(30)28-11-5-6-12-28/h7-10H,1,5-6,11-13H2,2-4H3,(H,24,25,31). The highest BCUT2D eigenvalue weighted by molar-refractivity contribution is 7.22. The van der Waals surface area contributed by atoms with Crippen molar-refractivity contribution in [2.75, 3.05) is 32.0 Å². The third-order valence-corrected chi connectivity index (χ3v) is 6.47. The lowest BCUT2D eigenvalue weighted by Crippen LogP contribution is -2.40. The van der Waals surface area contributed by atoms with Crippen molar-refractivity contribution in [3.05, 3.63) is 47.7 Å². The largest absolute Gasteiger partial charge is 0.341 e. The summed E-state index contributed by atoms with van der Waals surface area (Å²) < 4.78 is 2.01. The number of likely N-dealkylation sites (tertiary alicyclic amines) is 1. The quantitative estimate of drug-likeness (QED) is 0.601. The van der Waals surface area contributed by atoms with Gasteiger partial charge in [0.25, 0.3) is 11.8 Å². The third-order valence-electron chi connectivity index (χ3n) is 5.50. The summed E-state index contributed by atoms with van der Waals surface area (Å²) >= 11 is 1.17. The molecule has 1 fully saturated rings. The van der Waals surface area contributed by atoms with Gasteiger partial charge in [-0.05, 0) is 38.8 Å². The summed E-state index contributed by atoms with van der Waals surface area (Å²) in [5.74, 6) is -0.746. The van der Waals surface area contributed by atoms with Crippen LogP contribution in [0.1, 0.15) is 46.2 Å². The highest BCUT2D eigenvalue weighted by atomic mass is 32.1. The highest BCUT2D eigenvalue weighted by Crippen LogP contribution is 2.31. The van der Waals surface area contributed by atoms with E-state index in [1.807, 2.05) is 19.1 Å². The van der Waals surface area contributed by atoms with E-state index in [1.54, 1.807) is 31.0 Å². The van der Waals surface area contributed by atoms with Crippen LogP contribution >= 0.6 is 11.3 Å². The lowest BCUT2D eigenvalue weighted by molar-refractivity contribution is -0.130. The molecule has 33 heavy (non-hydrogen) atoms. The monoisotopic (exact) mass is 466 g/mol. The molecule has 1 saturated heterocycles. The third kappa shape index (κ3) is 4.65. The predicted molar refractivity (Wildman–Crippen MR) is 128 cm³/mol. The van der Waals surface area contributed by atoms with Crippen molar-refractivity contribution in [2.45, 2.75) is 26.7 Å². The zero-order chi connectivity index (χ0) is 23.7. The van der Waals surface area contributed by atoms with Crippen LogP contribution in [0.3, 0.4) is 0 Å². The van der Waals surface area contributed by atoms with Gasteiger partial charge >= 0.3 is 0 Å². The van der Waals surface area contributed by atoms with E-state index in [4.69, 9.17) is 0 Å². The average Bonchev–Trinajstić information content (AvgIpc) is 3.50. The Morgan fingerprint density at radius 1 is 1.18 bits per heavy atom. The second-order valence-electron chi connectivity index (χ2n) is 8.24. The Kier molecular flexibility index (Phi) is 6.28. The summed E-state index contributed by atoms with van der Waals surface area (Å²) in [7, 11) is 1.59. The smallest absolute Gasteiger partial charge is 0.276 e. The van der Waals surface area contributed by atoms with Crippen LogP contribution in [0.5, 0.6) is 0 Å². The number of fused-ring (bicyclic) bond motifs is 1. The molecule has 1 N–H and O–H groups in total. The maximum atomic E-state index is 13.2. The van der Waals surface area contributed by atoms with Crippen LogP contribution in [0.2, 0.25) is 0 Å². The van der Waals surface area contributed by atoms with Crippen LogP contribution in [-0.2, 0) is 4.79 Å². The van der Waals surface area contributed by atoms with Gasteiger partial charge < -0.3 is 9.80 Å². The van der Waals surface area contributed by atoms with Gasteiger partial charge in [-0.3, -0.25) is 19.7 Å². The fourth-order valence-electron chi connectivity index (χ4n) is 3.66. The molecule has 2 aromatic heterocycles. The van der Waals surface area contributed by atoms with E-state index in [-0.39, 0.29) is 30.0 Å². The minimum absolute atomic E-state index is 0.0178. The lowest BCUT2D eigenvalue weighted by Gasteiger charge is -2.20. The maximum Gasteiger partial charge on any atom is 0.276 e. The highest BCUT2D eigenvalue weighted by Gasteiger charge is 2.27. The number of aryl methyl sites for hydroxylation is 1. The van der Waals surface area contributed by atoms with E-state index in [2.05, 4.69) is 22.0 Å². The zero-order valence-corrected chi connectivity index (χ0v) is 19.7. The Morgan fingerprint density at radius 2 is 1.85 bits per heavy atom. The number of hydrogen-bond donors (Lipinski definition) is 1. The Hall–Kier alpha value is -3.53. The van der Waals surface area contributed by atoms with E-state index >= 15 is 0 Å². The van der Waals surface area contributed by atoms with Crippen LogP contribution in [0.25, 0.3) is 16.0 Å². The molecule has 172 valence electrons. The van der Waals surface area contributed by atoms with Crippen molar-refractivity contribution in [3.63, 3.8) is 0 Å². The molecule has 1 aliphatic rings. The van der Waals surface area contributed by atoms with Crippen molar-refractivity contribution >= 4 is 50.2 Å². The zero-order valence-electron chi connectivity index (χ0n) is 18.9. The first-order valence-corrected chi connectivity index (χ1v) is 11.5. The molecule has 0 atom stereocenters. The minimum Gasteiger partial charge on any atom is -0.341 e. The number of benzene rings is 1. The number of carbonyl (C=O) groups excluding carboxylic acids is 3. The molecule has 3 aromatic rings. The van der Waals surface area contributed by atoms with E-state index < -0.39 is 0 Å². The number of nitrogens with one attached hydrogen (secondary N) is 1. The average molecular weight is 467 g/mol. The number of hydrogen-bond acceptors (Lipinski definition) is 6. The Labute approximate surface area is 195 Å². The van der Waals surface area contributed by atoms with Crippen LogP contribution in [0.15, 0.2) is 30.8 Å². The van der Waals surface area contributed by atoms with Crippen LogP contribution in [0.4, 0.5) is 5.13 Å². The molecular formula is C23H26N6O3S. The molecule has 3 amide bonds. The lowest BCUT2D eigenvalue weighted by atomic mass is 10.1. The number of aromatic nitrogens is 3. The van der Waals surface area contributed by atoms with Gasteiger partial charge in [0, 0.05) is 31.4 Å². The van der Waals surface area contributed by atoms with Crippen molar-refractivity contribution < 1.29 is 14.4 Å². The van der Waals surface area contributed by atoms with E-state index in [0.717, 1.165) is 31.5 Å². The van der Waals surface area contributed by atoms with Crippen molar-refractivity contribution in [1.82, 2.24) is 24.6 Å². The van der Waals surface area contributed by atoms with Crippen molar-refractivity contribution in [3.8, 4) is 0 Å². The number of anilines is 1. The molecule has 1 aromatic carbocycles. The first-order valence-electron chi connectivity index (χ1n) is 10.7. The van der Waals surface area contributed by atoms with E-state index in [1.165, 1.54) is 20.9 Å². The summed E-state index contributed by atoms with van der Waals surface area (Å²) in [6.45, 7) is 9.06. The van der Waals surface area contributed by atoms with Crippen LogP contribution in [0, 0.1) is 6.92 Å². The van der Waals surface area contributed by atoms with Gasteiger partial charge in [-0.25, -0.2) is 4.68 Å². The number of rotatable bonds is 6. The second-order valence-corrected chi connectivity index (χ2v) is 9.24. The van der Waals surface area contributed by atoms with Crippen molar-refractivity contribution in [1.29, 1.82) is 0 Å². The van der Waals surface area contributed by atoms with E-state index in [9.17, 15) is 14.4 Å². The Balaban J connectivity index is 1.58. The molecule has 0 saturated carbocycles. The van der Waals surface area contributed by atoms with Gasteiger partial charge in [-0.2, -0.15) is 10.1 Å². The fraction of sp³-hybridized carbons (Fsp3) is 0.348. The summed E-state index contributed by atoms with van der Waals surface area (Å²) in [6, 6.07) is 7.22. The van der Waals surface area contributed by atoms with Gasteiger partial charge in [0.1, 0.15) is 4.70 Å². The number of likely N-dealkylation sites (N-methyl/N-ethyl adjacent to an activating group) is 1. The minimum atomic E-state index is -0.382. The molecule has 0 radical (unpaired) electrons. The normalized spacial score (nSPS) is 13.4. The molecule has 0 unspecified atom stereocenters. The molecule has 3 heterocycles. The van der Waals surface area contributed by atoms with Crippen molar-refractivity contribution in [2.24, 2.45) is 0 Å². The van der Waals surface area contributed by atoms with Gasteiger partial charge in [-0.1, -0.05) is 35.6 Å². The Bertz CT molecular complexity index is 1240. The molecular weight excluding hydrogens is 440 g/mol. The van der Waals surface area contributed by atoms with Gasteiger partial charge in [0.05, 0.1) is 6.54 Å². The van der Waals surface area contributed by atoms with E-state index in [0.29, 0.717) is 26.7 Å². The summed E-state index contributed by atoms with van der Waals surface area (Å²) in [5.41, 5.74) is 2.77. The topological polar surface area (TPSA) is 100 Å². The molecule has 0 spiro atoms. The number of amides is 3. The SMILES string of the molecule is C=C(C)n1nc(C(=O)N(C)CC(=O)N2CCCC2)c2sc(NC(=O)c3ccc(C)cc3)nc21. The number of nitrogens with zero attached hydrogens (tertiary/aromatic N) is 5. The fourth-order valence-corrected chi connectivity index (χ4v) is 4.58. The number of allylic oxidation sites excluding steroid dienone is 1. The van der Waals surface area contributed by atoms with Gasteiger partial charge in [0.2, 0.25) is 5.91 Å². The first kappa shape index (κ1) is 22.7. The van der Waals surface area contributed by atoms with Gasteiger partial charge in [-0.15, -0.1) is 0 Å². The maximum absolute atomic E-state index is 13.2. The molecule has 0 aliphatic carbocycles. The molecule has 0 bridgehead atoms.